The van der Waals surface area contributed by atoms with Gasteiger partial charge in [-0.3, -0.25) is 0 Å². The second-order valence-corrected chi connectivity index (χ2v) is 3.48. The molecule has 72 valence electrons. The summed E-state index contributed by atoms with van der Waals surface area (Å²) in [4.78, 5) is 2.15. The van der Waals surface area contributed by atoms with Gasteiger partial charge in [0.05, 0.1) is 7.11 Å². The zero-order chi connectivity index (χ0) is 9.84. The Morgan fingerprint density at radius 2 is 2.00 bits per heavy atom. The summed E-state index contributed by atoms with van der Waals surface area (Å²) in [5.41, 5.74) is 2.56. The molecule has 1 aromatic rings. The van der Waals surface area contributed by atoms with Crippen LogP contribution in [0.1, 0.15) is 11.1 Å². The van der Waals surface area contributed by atoms with Gasteiger partial charge < -0.3 is 9.64 Å². The fraction of sp³-hybridized carbons (Fsp3) is 0.455. The molecule has 13 heavy (non-hydrogen) atoms. The number of benzene rings is 1. The first kappa shape index (κ1) is 10.1. The molecule has 1 aromatic carbocycles. The molecule has 0 aliphatic rings. The van der Waals surface area contributed by atoms with Crippen LogP contribution >= 0.6 is 0 Å². The molecule has 0 bridgehead atoms. The van der Waals surface area contributed by atoms with Gasteiger partial charge in [-0.25, -0.2) is 0 Å². The Balaban J connectivity index is 2.94. The van der Waals surface area contributed by atoms with Crippen molar-refractivity contribution in [3.63, 3.8) is 0 Å². The van der Waals surface area contributed by atoms with Crippen LogP contribution in [0.5, 0.6) is 5.75 Å². The minimum absolute atomic E-state index is 0.961. The van der Waals surface area contributed by atoms with Crippen LogP contribution in [0.15, 0.2) is 18.2 Å². The van der Waals surface area contributed by atoms with E-state index in [1.165, 1.54) is 11.1 Å². The lowest BCUT2D eigenvalue weighted by molar-refractivity contribution is 0.392. The third-order valence-electron chi connectivity index (χ3n) is 2.10. The average molecular weight is 179 g/mol. The Labute approximate surface area is 80.1 Å². The van der Waals surface area contributed by atoms with E-state index in [1.807, 2.05) is 12.1 Å². The van der Waals surface area contributed by atoms with Crippen molar-refractivity contribution in [2.75, 3.05) is 21.2 Å². The highest BCUT2D eigenvalue weighted by Gasteiger charge is 2.03. The molecule has 0 heterocycles. The summed E-state index contributed by atoms with van der Waals surface area (Å²) in [6, 6.07) is 6.16. The Hall–Kier alpha value is -1.02. The van der Waals surface area contributed by atoms with Crippen molar-refractivity contribution < 1.29 is 4.74 Å². The molecule has 0 aliphatic carbocycles. The largest absolute Gasteiger partial charge is 0.496 e. The van der Waals surface area contributed by atoms with Crippen molar-refractivity contribution >= 4 is 0 Å². The normalized spacial score (nSPS) is 10.5. The van der Waals surface area contributed by atoms with Crippen molar-refractivity contribution in [1.82, 2.24) is 4.90 Å². The summed E-state index contributed by atoms with van der Waals surface area (Å²) < 4.78 is 5.25. The summed E-state index contributed by atoms with van der Waals surface area (Å²) >= 11 is 0. The van der Waals surface area contributed by atoms with Crippen molar-refractivity contribution in [3.8, 4) is 5.75 Å². The van der Waals surface area contributed by atoms with Crippen molar-refractivity contribution in [2.24, 2.45) is 0 Å². The van der Waals surface area contributed by atoms with Crippen molar-refractivity contribution in [3.05, 3.63) is 29.3 Å². The Kier molecular flexibility index (Phi) is 3.32. The molecule has 2 nitrogen and oxygen atoms in total. The lowest BCUT2D eigenvalue weighted by atomic mass is 10.1. The van der Waals surface area contributed by atoms with Crippen LogP contribution in [0, 0.1) is 6.92 Å². The maximum absolute atomic E-state index is 5.25. The van der Waals surface area contributed by atoms with Crippen LogP contribution in [-0.2, 0) is 6.54 Å². The van der Waals surface area contributed by atoms with Crippen LogP contribution in [-0.4, -0.2) is 26.1 Å². The quantitative estimate of drug-likeness (QED) is 0.704. The molecule has 0 saturated carbocycles. The minimum Gasteiger partial charge on any atom is -0.496 e. The van der Waals surface area contributed by atoms with Crippen LogP contribution in [0.4, 0.5) is 0 Å². The van der Waals surface area contributed by atoms with Gasteiger partial charge in [0.2, 0.25) is 0 Å². The smallest absolute Gasteiger partial charge is 0.122 e. The summed E-state index contributed by atoms with van der Waals surface area (Å²) in [5.74, 6) is 0.972. The Bertz CT molecular complexity index is 281. The highest BCUT2D eigenvalue weighted by atomic mass is 16.5. The first-order valence-electron chi connectivity index (χ1n) is 4.42. The molecule has 0 aliphatic heterocycles. The van der Waals surface area contributed by atoms with Gasteiger partial charge in [-0.15, -0.1) is 0 Å². The molecule has 0 N–H and O–H groups in total. The van der Waals surface area contributed by atoms with Crippen molar-refractivity contribution in [2.45, 2.75) is 13.5 Å². The summed E-state index contributed by atoms with van der Waals surface area (Å²) in [7, 11) is 5.85. The monoisotopic (exact) mass is 179 g/mol. The van der Waals surface area contributed by atoms with E-state index < -0.39 is 0 Å². The maximum atomic E-state index is 5.25. The van der Waals surface area contributed by atoms with Gasteiger partial charge in [0.1, 0.15) is 5.75 Å². The molecule has 0 radical (unpaired) electrons. The maximum Gasteiger partial charge on any atom is 0.122 e. The van der Waals surface area contributed by atoms with Crippen LogP contribution in [0.3, 0.4) is 0 Å². The predicted octanol–water partition coefficient (Wildman–Crippen LogP) is 2.07. The van der Waals surface area contributed by atoms with Crippen LogP contribution in [0.2, 0.25) is 0 Å². The second-order valence-electron chi connectivity index (χ2n) is 3.48. The van der Waals surface area contributed by atoms with E-state index in [1.54, 1.807) is 7.11 Å². The highest BCUT2D eigenvalue weighted by Crippen LogP contribution is 2.21. The van der Waals surface area contributed by atoms with Gasteiger partial charge in [0, 0.05) is 6.54 Å². The van der Waals surface area contributed by atoms with E-state index in [4.69, 9.17) is 4.74 Å². The van der Waals surface area contributed by atoms with Gasteiger partial charge in [-0.2, -0.15) is 0 Å². The first-order chi connectivity index (χ1) is 6.15. The van der Waals surface area contributed by atoms with E-state index in [9.17, 15) is 0 Å². The van der Waals surface area contributed by atoms with E-state index in [0.29, 0.717) is 0 Å². The van der Waals surface area contributed by atoms with Gasteiger partial charge in [-0.1, -0.05) is 12.1 Å². The third-order valence-corrected chi connectivity index (χ3v) is 2.10. The molecule has 0 atom stereocenters. The zero-order valence-electron chi connectivity index (χ0n) is 8.79. The Morgan fingerprint density at radius 1 is 1.31 bits per heavy atom. The first-order valence-corrected chi connectivity index (χ1v) is 4.42. The third kappa shape index (κ3) is 2.46. The molecule has 2 heteroatoms. The Morgan fingerprint density at radius 3 is 2.54 bits per heavy atom. The SMILES string of the molecule is COc1cccc(CN(C)C)c1C. The molecule has 0 fully saturated rings. The summed E-state index contributed by atoms with van der Waals surface area (Å²) in [6.45, 7) is 3.06. The molecule has 0 spiro atoms. The minimum atomic E-state index is 0.961. The molecule has 0 aromatic heterocycles. The standard InChI is InChI=1S/C11H17NO/c1-9-10(8-12(2)3)6-5-7-11(9)13-4/h5-7H,8H2,1-4H3. The lowest BCUT2D eigenvalue weighted by Crippen LogP contribution is -2.11. The molecular formula is C11H17NO. The van der Waals surface area contributed by atoms with Gasteiger partial charge >= 0.3 is 0 Å². The van der Waals surface area contributed by atoms with E-state index in [0.717, 1.165) is 12.3 Å². The summed E-state index contributed by atoms with van der Waals surface area (Å²) in [5, 5.41) is 0. The fourth-order valence-electron chi connectivity index (χ4n) is 1.39. The fourth-order valence-corrected chi connectivity index (χ4v) is 1.39. The molecular weight excluding hydrogens is 162 g/mol. The van der Waals surface area contributed by atoms with E-state index in [-0.39, 0.29) is 0 Å². The molecule has 0 amide bonds. The second kappa shape index (κ2) is 4.28. The highest BCUT2D eigenvalue weighted by molar-refractivity contribution is 5.38. The number of methoxy groups -OCH3 is 1. The summed E-state index contributed by atoms with van der Waals surface area (Å²) in [6.07, 6.45) is 0. The average Bonchev–Trinajstić information content (AvgIpc) is 2.08. The van der Waals surface area contributed by atoms with Crippen LogP contribution in [0.25, 0.3) is 0 Å². The van der Waals surface area contributed by atoms with Crippen molar-refractivity contribution in [1.29, 1.82) is 0 Å². The number of ether oxygens (including phenoxy) is 1. The predicted molar refractivity (Wildman–Crippen MR) is 55.1 cm³/mol. The number of nitrogens with zero attached hydrogens (tertiary/aromatic N) is 1. The van der Waals surface area contributed by atoms with Gasteiger partial charge in [0.25, 0.3) is 0 Å². The number of rotatable bonds is 3. The number of hydrogen-bond donors (Lipinski definition) is 0. The van der Waals surface area contributed by atoms with E-state index >= 15 is 0 Å². The van der Waals surface area contributed by atoms with Gasteiger partial charge in [0.15, 0.2) is 0 Å². The topological polar surface area (TPSA) is 12.5 Å². The molecule has 0 unspecified atom stereocenters. The molecule has 0 saturated heterocycles. The van der Waals surface area contributed by atoms with E-state index in [2.05, 4.69) is 32.0 Å². The van der Waals surface area contributed by atoms with Gasteiger partial charge in [-0.05, 0) is 38.2 Å². The number of hydrogen-bond acceptors (Lipinski definition) is 2. The van der Waals surface area contributed by atoms with Crippen LogP contribution < -0.4 is 4.74 Å². The zero-order valence-corrected chi connectivity index (χ0v) is 8.79. The molecule has 1 rings (SSSR count). The lowest BCUT2D eigenvalue weighted by Gasteiger charge is -2.14.